The van der Waals surface area contributed by atoms with Crippen LogP contribution in [0.2, 0.25) is 5.02 Å². The number of benzene rings is 2. The first-order valence-corrected chi connectivity index (χ1v) is 11.8. The van der Waals surface area contributed by atoms with E-state index in [2.05, 4.69) is 15.2 Å². The van der Waals surface area contributed by atoms with Gasteiger partial charge in [0.2, 0.25) is 5.91 Å². The van der Waals surface area contributed by atoms with E-state index < -0.39 is 0 Å². The molecule has 0 radical (unpaired) electrons. The molecule has 1 unspecified atom stereocenters. The molecule has 1 amide bonds. The van der Waals surface area contributed by atoms with Crippen LogP contribution in [-0.2, 0) is 11.3 Å². The maximum atomic E-state index is 13.1. The van der Waals surface area contributed by atoms with E-state index in [4.69, 9.17) is 11.6 Å². The highest BCUT2D eigenvalue weighted by Crippen LogP contribution is 2.33. The molecule has 0 spiro atoms. The van der Waals surface area contributed by atoms with E-state index in [1.807, 2.05) is 86.1 Å². The second-order valence-corrected chi connectivity index (χ2v) is 9.42. The number of aromatic nitrogens is 4. The van der Waals surface area contributed by atoms with Gasteiger partial charge in [0.05, 0.1) is 10.9 Å². The summed E-state index contributed by atoms with van der Waals surface area (Å²) in [5, 5.41) is 9.83. The molecule has 2 aromatic carbocycles. The maximum absolute atomic E-state index is 13.1. The van der Waals surface area contributed by atoms with Crippen molar-refractivity contribution in [3.05, 3.63) is 89.2 Å². The van der Waals surface area contributed by atoms with E-state index >= 15 is 0 Å². The summed E-state index contributed by atoms with van der Waals surface area (Å²) in [7, 11) is 1.82. The predicted octanol–water partition coefficient (Wildman–Crippen LogP) is 5.43. The van der Waals surface area contributed by atoms with E-state index in [0.29, 0.717) is 22.5 Å². The number of pyridine rings is 1. The molecule has 4 rings (SSSR count). The van der Waals surface area contributed by atoms with E-state index in [1.165, 1.54) is 11.8 Å². The normalized spacial score (nSPS) is 11.9. The fraction of sp³-hybridized carbons (Fsp3) is 0.200. The Morgan fingerprint density at radius 3 is 2.52 bits per heavy atom. The smallest absolute Gasteiger partial charge is 0.235 e. The van der Waals surface area contributed by atoms with E-state index in [-0.39, 0.29) is 11.2 Å². The number of carbonyl (C=O) groups excluding carboxylic acids is 1. The molecular weight excluding hydrogens is 454 g/mol. The third kappa shape index (κ3) is 5.10. The molecular formula is C25H24ClN5OS. The molecule has 0 saturated heterocycles. The predicted molar refractivity (Wildman–Crippen MR) is 133 cm³/mol. The van der Waals surface area contributed by atoms with Crippen LogP contribution >= 0.6 is 23.4 Å². The van der Waals surface area contributed by atoms with Gasteiger partial charge in [-0.05, 0) is 49.2 Å². The molecule has 8 heteroatoms. The lowest BCUT2D eigenvalue weighted by molar-refractivity contribution is -0.129. The summed E-state index contributed by atoms with van der Waals surface area (Å²) in [6.07, 6.45) is 3.44. The van der Waals surface area contributed by atoms with Crippen molar-refractivity contribution < 1.29 is 4.79 Å². The van der Waals surface area contributed by atoms with Gasteiger partial charge in [-0.15, -0.1) is 10.2 Å². The number of halogens is 1. The van der Waals surface area contributed by atoms with Crippen molar-refractivity contribution in [3.8, 4) is 17.1 Å². The zero-order valence-electron chi connectivity index (χ0n) is 18.6. The Labute approximate surface area is 202 Å². The largest absolute Gasteiger partial charge is 0.340 e. The minimum Gasteiger partial charge on any atom is -0.340 e. The number of nitrogens with zero attached hydrogens (tertiary/aromatic N) is 5. The van der Waals surface area contributed by atoms with Gasteiger partial charge in [-0.2, -0.15) is 0 Å². The molecule has 4 aromatic rings. The van der Waals surface area contributed by atoms with Crippen LogP contribution < -0.4 is 0 Å². The molecule has 0 saturated carbocycles. The first-order chi connectivity index (χ1) is 16.0. The molecule has 0 fully saturated rings. The van der Waals surface area contributed by atoms with Crippen molar-refractivity contribution in [3.63, 3.8) is 0 Å². The highest BCUT2D eigenvalue weighted by molar-refractivity contribution is 8.00. The summed E-state index contributed by atoms with van der Waals surface area (Å²) in [6.45, 7) is 4.40. The number of thioether (sulfide) groups is 1. The van der Waals surface area contributed by atoms with Crippen molar-refractivity contribution in [2.24, 2.45) is 0 Å². The summed E-state index contributed by atoms with van der Waals surface area (Å²) in [5.41, 5.74) is 3.75. The Morgan fingerprint density at radius 2 is 1.79 bits per heavy atom. The molecule has 2 heterocycles. The van der Waals surface area contributed by atoms with Gasteiger partial charge in [-0.3, -0.25) is 14.3 Å². The molecule has 0 N–H and O–H groups in total. The minimum absolute atomic E-state index is 0.0201. The SMILES string of the molecule is Cc1c(Cl)cccc1-n1c(SC(C)C(=O)N(C)Cc2ccccc2)nnc1-c1ccncc1. The number of hydrogen-bond donors (Lipinski definition) is 0. The monoisotopic (exact) mass is 477 g/mol. The second-order valence-electron chi connectivity index (χ2n) is 7.70. The summed E-state index contributed by atoms with van der Waals surface area (Å²) in [5.74, 6) is 0.689. The van der Waals surface area contributed by atoms with Crippen LogP contribution in [0.25, 0.3) is 17.1 Å². The molecule has 6 nitrogen and oxygen atoms in total. The Morgan fingerprint density at radius 1 is 1.06 bits per heavy atom. The maximum Gasteiger partial charge on any atom is 0.235 e. The molecule has 33 heavy (non-hydrogen) atoms. The van der Waals surface area contributed by atoms with Crippen LogP contribution in [-0.4, -0.2) is 42.9 Å². The van der Waals surface area contributed by atoms with Crippen molar-refractivity contribution in [2.75, 3.05) is 7.05 Å². The average molecular weight is 478 g/mol. The van der Waals surface area contributed by atoms with E-state index in [9.17, 15) is 4.79 Å². The lowest BCUT2D eigenvalue weighted by Crippen LogP contribution is -2.33. The van der Waals surface area contributed by atoms with Gasteiger partial charge in [0.25, 0.3) is 0 Å². The van der Waals surface area contributed by atoms with Crippen LogP contribution in [0, 0.1) is 6.92 Å². The first kappa shape index (κ1) is 23.0. The molecule has 0 aliphatic carbocycles. The van der Waals surface area contributed by atoms with Crippen molar-refractivity contribution in [1.29, 1.82) is 0 Å². The van der Waals surface area contributed by atoms with Gasteiger partial charge >= 0.3 is 0 Å². The summed E-state index contributed by atoms with van der Waals surface area (Å²) in [6, 6.07) is 19.5. The van der Waals surface area contributed by atoms with E-state index in [1.54, 1.807) is 17.3 Å². The quantitative estimate of drug-likeness (QED) is 0.332. The zero-order chi connectivity index (χ0) is 23.4. The molecule has 0 aliphatic heterocycles. The second kappa shape index (κ2) is 10.2. The standard InChI is InChI=1S/C25H24ClN5OS/c1-17-21(26)10-7-11-22(17)31-23(20-12-14-27-15-13-20)28-29-25(31)33-18(2)24(32)30(3)16-19-8-5-4-6-9-19/h4-15,18H,16H2,1-3H3. The van der Waals surface area contributed by atoms with Gasteiger partial charge in [0.1, 0.15) is 0 Å². The van der Waals surface area contributed by atoms with Gasteiger partial charge in [0, 0.05) is 36.6 Å². The lowest BCUT2D eigenvalue weighted by Gasteiger charge is -2.21. The average Bonchev–Trinajstić information content (AvgIpc) is 3.24. The summed E-state index contributed by atoms with van der Waals surface area (Å²) in [4.78, 5) is 19.0. The number of hydrogen-bond acceptors (Lipinski definition) is 5. The topological polar surface area (TPSA) is 63.9 Å². The molecule has 0 aliphatic rings. The molecule has 168 valence electrons. The van der Waals surface area contributed by atoms with Crippen molar-refractivity contribution in [1.82, 2.24) is 24.6 Å². The van der Waals surface area contributed by atoms with Crippen LogP contribution in [0.1, 0.15) is 18.1 Å². The first-order valence-electron chi connectivity index (χ1n) is 10.5. The Bertz CT molecular complexity index is 1250. The fourth-order valence-corrected chi connectivity index (χ4v) is 4.69. The van der Waals surface area contributed by atoms with Crippen LogP contribution in [0.5, 0.6) is 0 Å². The van der Waals surface area contributed by atoms with E-state index in [0.717, 1.165) is 22.4 Å². The van der Waals surface area contributed by atoms with Crippen LogP contribution in [0.15, 0.2) is 78.2 Å². The molecule has 0 bridgehead atoms. The Kier molecular flexibility index (Phi) is 7.11. The minimum atomic E-state index is -0.355. The third-order valence-electron chi connectivity index (χ3n) is 5.32. The van der Waals surface area contributed by atoms with Gasteiger partial charge in [0.15, 0.2) is 11.0 Å². The summed E-state index contributed by atoms with van der Waals surface area (Å²) < 4.78 is 1.96. The Balaban J connectivity index is 1.65. The lowest BCUT2D eigenvalue weighted by atomic mass is 10.2. The number of amides is 1. The molecule has 2 aromatic heterocycles. The van der Waals surface area contributed by atoms with Gasteiger partial charge in [-0.1, -0.05) is 59.8 Å². The van der Waals surface area contributed by atoms with Gasteiger partial charge in [-0.25, -0.2) is 0 Å². The number of carbonyl (C=O) groups is 1. The van der Waals surface area contributed by atoms with Crippen LogP contribution in [0.4, 0.5) is 0 Å². The van der Waals surface area contributed by atoms with Crippen LogP contribution in [0.3, 0.4) is 0 Å². The Hall–Kier alpha value is -3.16. The highest BCUT2D eigenvalue weighted by atomic mass is 35.5. The third-order valence-corrected chi connectivity index (χ3v) is 6.76. The van der Waals surface area contributed by atoms with Crippen molar-refractivity contribution in [2.45, 2.75) is 30.8 Å². The van der Waals surface area contributed by atoms with Gasteiger partial charge < -0.3 is 4.90 Å². The summed E-state index contributed by atoms with van der Waals surface area (Å²) >= 11 is 7.81. The van der Waals surface area contributed by atoms with Crippen molar-refractivity contribution >= 4 is 29.3 Å². The molecule has 1 atom stereocenters. The zero-order valence-corrected chi connectivity index (χ0v) is 20.2. The number of rotatable bonds is 7. The fourth-order valence-electron chi connectivity index (χ4n) is 3.54. The highest BCUT2D eigenvalue weighted by Gasteiger charge is 2.25.